The van der Waals surface area contributed by atoms with E-state index in [1.54, 1.807) is 18.3 Å². The summed E-state index contributed by atoms with van der Waals surface area (Å²) < 4.78 is 4.68. The van der Waals surface area contributed by atoms with Crippen LogP contribution >= 0.6 is 11.3 Å². The molecule has 0 saturated carbocycles. The Labute approximate surface area is 111 Å². The summed E-state index contributed by atoms with van der Waals surface area (Å²) in [6.07, 6.45) is 6.28. The van der Waals surface area contributed by atoms with Gasteiger partial charge in [0.1, 0.15) is 0 Å². The second-order valence-corrected chi connectivity index (χ2v) is 5.09. The molecule has 0 aromatic carbocycles. The minimum Gasteiger partial charge on any atom is -0.463 e. The fourth-order valence-electron chi connectivity index (χ4n) is 1.37. The van der Waals surface area contributed by atoms with Crippen molar-refractivity contribution in [1.82, 2.24) is 4.98 Å². The number of thiazole rings is 1. The van der Waals surface area contributed by atoms with E-state index in [1.807, 2.05) is 13.1 Å². The number of rotatable bonds is 7. The van der Waals surface area contributed by atoms with E-state index in [0.717, 1.165) is 17.8 Å². The zero-order valence-electron chi connectivity index (χ0n) is 10.6. The molecule has 0 aliphatic carbocycles. The molecule has 0 spiro atoms. The summed E-state index contributed by atoms with van der Waals surface area (Å²) in [6.45, 7) is 4.05. The van der Waals surface area contributed by atoms with Crippen LogP contribution < -0.4 is 0 Å². The van der Waals surface area contributed by atoms with E-state index in [4.69, 9.17) is 0 Å². The van der Waals surface area contributed by atoms with Gasteiger partial charge in [0, 0.05) is 23.6 Å². The summed E-state index contributed by atoms with van der Waals surface area (Å²) >= 11 is 1.65. The lowest BCUT2D eigenvalue weighted by Gasteiger charge is -1.96. The van der Waals surface area contributed by atoms with Gasteiger partial charge in [-0.25, -0.2) is 9.78 Å². The van der Waals surface area contributed by atoms with Crippen LogP contribution in [0.1, 0.15) is 29.7 Å². The maximum absolute atomic E-state index is 11.4. The summed E-state index contributed by atoms with van der Waals surface area (Å²) in [6, 6.07) is 0. The molecule has 0 saturated heterocycles. The molecule has 0 N–H and O–H groups in total. The van der Waals surface area contributed by atoms with Crippen molar-refractivity contribution in [3.05, 3.63) is 28.2 Å². The summed E-state index contributed by atoms with van der Waals surface area (Å²) in [7, 11) is 0. The van der Waals surface area contributed by atoms with Crippen molar-refractivity contribution in [2.75, 3.05) is 6.61 Å². The Morgan fingerprint density at radius 2 is 2.22 bits per heavy atom. The van der Waals surface area contributed by atoms with Crippen LogP contribution in [0.2, 0.25) is 0 Å². The van der Waals surface area contributed by atoms with Gasteiger partial charge in [-0.2, -0.15) is 0 Å². The quantitative estimate of drug-likeness (QED) is 0.562. The highest BCUT2D eigenvalue weighted by atomic mass is 32.1. The van der Waals surface area contributed by atoms with Crippen LogP contribution in [0.3, 0.4) is 0 Å². The molecule has 98 valence electrons. The number of allylic oxidation sites excluding steroid dienone is 1. The van der Waals surface area contributed by atoms with E-state index < -0.39 is 5.97 Å². The van der Waals surface area contributed by atoms with Gasteiger partial charge in [-0.05, 0) is 32.8 Å². The largest absolute Gasteiger partial charge is 0.463 e. The van der Waals surface area contributed by atoms with Crippen molar-refractivity contribution >= 4 is 23.1 Å². The summed E-state index contributed by atoms with van der Waals surface area (Å²) in [5.74, 6) is -0.530. The highest BCUT2D eigenvalue weighted by molar-refractivity contribution is 7.11. The first kappa shape index (κ1) is 14.6. The summed E-state index contributed by atoms with van der Waals surface area (Å²) in [5.41, 5.74) is 0. The Kier molecular flexibility index (Phi) is 6.28. The van der Waals surface area contributed by atoms with Crippen molar-refractivity contribution in [3.63, 3.8) is 0 Å². The highest BCUT2D eigenvalue weighted by Crippen LogP contribution is 2.13. The second kappa shape index (κ2) is 7.76. The molecule has 0 unspecified atom stereocenters. The minimum absolute atomic E-state index is 0.0590. The fraction of sp³-hybridized carbons (Fsp3) is 0.462. The van der Waals surface area contributed by atoms with Gasteiger partial charge in [0.15, 0.2) is 5.78 Å². The summed E-state index contributed by atoms with van der Waals surface area (Å²) in [4.78, 5) is 27.8. The molecule has 1 rings (SSSR count). The van der Waals surface area contributed by atoms with Gasteiger partial charge in [-0.1, -0.05) is 0 Å². The predicted molar refractivity (Wildman–Crippen MR) is 70.6 cm³/mol. The van der Waals surface area contributed by atoms with Crippen molar-refractivity contribution in [2.45, 2.75) is 33.1 Å². The molecular formula is C13H17NO3S. The van der Waals surface area contributed by atoms with E-state index in [2.05, 4.69) is 9.72 Å². The molecule has 18 heavy (non-hydrogen) atoms. The number of hydrogen-bond acceptors (Lipinski definition) is 5. The Bertz CT molecular complexity index is 437. The molecule has 4 nitrogen and oxygen atoms in total. The average Bonchev–Trinajstić information content (AvgIpc) is 2.73. The summed E-state index contributed by atoms with van der Waals surface area (Å²) in [5, 5.41) is 1.05. The Hall–Kier alpha value is -1.49. The SMILES string of the molecule is CCOC(=O)/C=C/C(=O)CCCc1ncc(C)s1. The van der Waals surface area contributed by atoms with E-state index in [1.165, 1.54) is 17.0 Å². The highest BCUT2D eigenvalue weighted by Gasteiger charge is 2.02. The maximum Gasteiger partial charge on any atom is 0.330 e. The number of hydrogen-bond donors (Lipinski definition) is 0. The van der Waals surface area contributed by atoms with Crippen LogP contribution in [0.15, 0.2) is 18.3 Å². The molecule has 1 aromatic heterocycles. The average molecular weight is 267 g/mol. The molecule has 0 aliphatic rings. The number of ether oxygens (including phenoxy) is 1. The van der Waals surface area contributed by atoms with Gasteiger partial charge in [-0.15, -0.1) is 11.3 Å². The zero-order chi connectivity index (χ0) is 13.4. The predicted octanol–water partition coefficient (Wildman–Crippen LogP) is 2.46. The third kappa shape index (κ3) is 5.72. The van der Waals surface area contributed by atoms with Gasteiger partial charge in [0.2, 0.25) is 0 Å². The van der Waals surface area contributed by atoms with E-state index in [-0.39, 0.29) is 5.78 Å². The zero-order valence-corrected chi connectivity index (χ0v) is 11.5. The smallest absolute Gasteiger partial charge is 0.330 e. The lowest BCUT2D eigenvalue weighted by atomic mass is 10.2. The monoisotopic (exact) mass is 267 g/mol. The Morgan fingerprint density at radius 1 is 1.44 bits per heavy atom. The lowest BCUT2D eigenvalue weighted by Crippen LogP contribution is -2.01. The van der Waals surface area contributed by atoms with Gasteiger partial charge in [0.05, 0.1) is 11.6 Å². The molecule has 5 heteroatoms. The van der Waals surface area contributed by atoms with Gasteiger partial charge < -0.3 is 4.74 Å². The molecule has 0 atom stereocenters. The van der Waals surface area contributed by atoms with Crippen LogP contribution in [-0.4, -0.2) is 23.3 Å². The Balaban J connectivity index is 2.23. The van der Waals surface area contributed by atoms with Crippen LogP contribution in [0.25, 0.3) is 0 Å². The van der Waals surface area contributed by atoms with E-state index in [9.17, 15) is 9.59 Å². The van der Waals surface area contributed by atoms with Crippen LogP contribution in [0.4, 0.5) is 0 Å². The van der Waals surface area contributed by atoms with Crippen molar-refractivity contribution in [1.29, 1.82) is 0 Å². The molecule has 0 radical (unpaired) electrons. The number of carbonyl (C=O) groups excluding carboxylic acids is 2. The van der Waals surface area contributed by atoms with Crippen LogP contribution in [0, 0.1) is 6.92 Å². The minimum atomic E-state index is -0.471. The maximum atomic E-state index is 11.4. The van der Waals surface area contributed by atoms with Crippen molar-refractivity contribution in [2.24, 2.45) is 0 Å². The van der Waals surface area contributed by atoms with E-state index in [0.29, 0.717) is 13.0 Å². The first-order valence-electron chi connectivity index (χ1n) is 5.90. The van der Waals surface area contributed by atoms with E-state index >= 15 is 0 Å². The lowest BCUT2D eigenvalue weighted by molar-refractivity contribution is -0.137. The van der Waals surface area contributed by atoms with Gasteiger partial charge in [-0.3, -0.25) is 4.79 Å². The molecule has 1 aromatic rings. The van der Waals surface area contributed by atoms with Crippen molar-refractivity contribution in [3.8, 4) is 0 Å². The molecule has 0 bridgehead atoms. The molecule has 1 heterocycles. The number of ketones is 1. The normalized spacial score (nSPS) is 10.8. The van der Waals surface area contributed by atoms with Crippen LogP contribution in [-0.2, 0) is 20.7 Å². The molecular weight excluding hydrogens is 250 g/mol. The number of aryl methyl sites for hydroxylation is 2. The number of nitrogens with zero attached hydrogens (tertiary/aromatic N) is 1. The fourth-order valence-corrected chi connectivity index (χ4v) is 2.19. The number of aromatic nitrogens is 1. The molecule has 0 aliphatic heterocycles. The van der Waals surface area contributed by atoms with Crippen molar-refractivity contribution < 1.29 is 14.3 Å². The Morgan fingerprint density at radius 3 is 2.83 bits per heavy atom. The van der Waals surface area contributed by atoms with Gasteiger partial charge >= 0.3 is 5.97 Å². The molecule has 0 fully saturated rings. The van der Waals surface area contributed by atoms with Crippen LogP contribution in [0.5, 0.6) is 0 Å². The number of carbonyl (C=O) groups is 2. The topological polar surface area (TPSA) is 56.3 Å². The number of esters is 1. The first-order chi connectivity index (χ1) is 8.61. The second-order valence-electron chi connectivity index (χ2n) is 3.77. The standard InChI is InChI=1S/C13H17NO3S/c1-3-17-13(16)8-7-11(15)5-4-6-12-14-9-10(2)18-12/h7-9H,3-6H2,1-2H3/b8-7+. The van der Waals surface area contributed by atoms with Gasteiger partial charge in [0.25, 0.3) is 0 Å². The first-order valence-corrected chi connectivity index (χ1v) is 6.72. The molecule has 0 amide bonds. The third-order valence-corrected chi connectivity index (χ3v) is 3.15. The third-order valence-electron chi connectivity index (χ3n) is 2.17.